The predicted octanol–water partition coefficient (Wildman–Crippen LogP) is 1.74. The number of likely N-dealkylation sites (N-methyl/N-ethyl adjacent to an activating group) is 1. The van der Waals surface area contributed by atoms with Gasteiger partial charge >= 0.3 is 0 Å². The maximum Gasteiger partial charge on any atom is 0.0221 e. The highest BCUT2D eigenvalue weighted by molar-refractivity contribution is 5.30. The summed E-state index contributed by atoms with van der Waals surface area (Å²) in [5, 5.41) is 0. The minimum absolute atomic E-state index is 0.564. The van der Waals surface area contributed by atoms with E-state index in [9.17, 15) is 0 Å². The second-order valence-corrected chi connectivity index (χ2v) is 4.62. The molecule has 1 saturated heterocycles. The van der Waals surface area contributed by atoms with Crippen molar-refractivity contribution in [3.05, 3.63) is 35.4 Å². The molecule has 1 aromatic carbocycles. The topological polar surface area (TPSA) is 29.3 Å². The summed E-state index contributed by atoms with van der Waals surface area (Å²) < 4.78 is 0. The fourth-order valence-electron chi connectivity index (χ4n) is 2.63. The van der Waals surface area contributed by atoms with E-state index in [0.29, 0.717) is 12.0 Å². The van der Waals surface area contributed by atoms with Crippen molar-refractivity contribution in [2.75, 3.05) is 20.1 Å². The molecule has 1 aromatic rings. The van der Waals surface area contributed by atoms with Gasteiger partial charge in [0.25, 0.3) is 0 Å². The van der Waals surface area contributed by atoms with E-state index in [2.05, 4.69) is 43.1 Å². The zero-order valence-electron chi connectivity index (χ0n) is 9.61. The van der Waals surface area contributed by atoms with Crippen LogP contribution in [0.4, 0.5) is 0 Å². The van der Waals surface area contributed by atoms with Gasteiger partial charge in [0.15, 0.2) is 0 Å². The molecule has 0 aliphatic carbocycles. The molecular formula is C13H20N2. The molecule has 0 amide bonds. The van der Waals surface area contributed by atoms with Crippen LogP contribution in [0, 0.1) is 6.92 Å². The van der Waals surface area contributed by atoms with Gasteiger partial charge in [0, 0.05) is 19.1 Å². The Balaban J connectivity index is 2.17. The smallest absolute Gasteiger partial charge is 0.0221 e. The van der Waals surface area contributed by atoms with Crippen molar-refractivity contribution in [1.82, 2.24) is 4.90 Å². The Morgan fingerprint density at radius 3 is 2.73 bits per heavy atom. The molecule has 15 heavy (non-hydrogen) atoms. The highest BCUT2D eigenvalue weighted by Gasteiger charge is 2.29. The fourth-order valence-corrected chi connectivity index (χ4v) is 2.63. The van der Waals surface area contributed by atoms with E-state index in [4.69, 9.17) is 5.73 Å². The predicted molar refractivity (Wildman–Crippen MR) is 64.0 cm³/mol. The molecule has 2 atom stereocenters. The molecule has 0 spiro atoms. The molecule has 1 fully saturated rings. The number of hydrogen-bond acceptors (Lipinski definition) is 2. The van der Waals surface area contributed by atoms with Gasteiger partial charge in [0.2, 0.25) is 0 Å². The first-order chi connectivity index (χ1) is 7.22. The quantitative estimate of drug-likeness (QED) is 0.795. The number of nitrogens with zero attached hydrogens (tertiary/aromatic N) is 1. The molecule has 1 heterocycles. The Labute approximate surface area is 92.1 Å². The van der Waals surface area contributed by atoms with E-state index in [1.54, 1.807) is 0 Å². The highest BCUT2D eigenvalue weighted by Crippen LogP contribution is 2.31. The number of hydrogen-bond donors (Lipinski definition) is 1. The van der Waals surface area contributed by atoms with E-state index in [-0.39, 0.29) is 0 Å². The van der Waals surface area contributed by atoms with E-state index in [1.165, 1.54) is 17.5 Å². The Hall–Kier alpha value is -0.860. The molecule has 82 valence electrons. The summed E-state index contributed by atoms with van der Waals surface area (Å²) in [5.74, 6) is 0.671. The van der Waals surface area contributed by atoms with E-state index in [1.807, 2.05) is 0 Å². The first-order valence-electron chi connectivity index (χ1n) is 5.68. The maximum absolute atomic E-state index is 5.76. The van der Waals surface area contributed by atoms with Gasteiger partial charge < -0.3 is 10.6 Å². The van der Waals surface area contributed by atoms with Crippen molar-refractivity contribution in [2.24, 2.45) is 5.73 Å². The molecule has 0 radical (unpaired) electrons. The molecule has 2 unspecified atom stereocenters. The van der Waals surface area contributed by atoms with Crippen LogP contribution < -0.4 is 5.73 Å². The molecule has 1 aliphatic rings. The molecule has 2 N–H and O–H groups in total. The number of aryl methyl sites for hydroxylation is 1. The van der Waals surface area contributed by atoms with Crippen LogP contribution in [0.25, 0.3) is 0 Å². The highest BCUT2D eigenvalue weighted by atomic mass is 15.2. The molecule has 0 bridgehead atoms. The summed E-state index contributed by atoms with van der Waals surface area (Å²) in [6, 6.07) is 9.27. The van der Waals surface area contributed by atoms with E-state index in [0.717, 1.165) is 13.1 Å². The molecule has 0 aromatic heterocycles. The van der Waals surface area contributed by atoms with Crippen LogP contribution in [-0.2, 0) is 0 Å². The normalized spacial score (nSPS) is 27.1. The Morgan fingerprint density at radius 2 is 2.13 bits per heavy atom. The number of likely N-dealkylation sites (tertiary alicyclic amines) is 1. The third-order valence-electron chi connectivity index (χ3n) is 3.59. The standard InChI is InChI=1S/C13H20N2/c1-10-5-3-4-6-13(10)11-7-12(8-14)15(2)9-11/h3-6,11-12H,7-9,14H2,1-2H3. The maximum atomic E-state index is 5.76. The second kappa shape index (κ2) is 4.33. The van der Waals surface area contributed by atoms with Gasteiger partial charge in [-0.1, -0.05) is 24.3 Å². The van der Waals surface area contributed by atoms with Gasteiger partial charge in [-0.3, -0.25) is 0 Å². The van der Waals surface area contributed by atoms with Crippen molar-refractivity contribution < 1.29 is 0 Å². The lowest BCUT2D eigenvalue weighted by molar-refractivity contribution is 0.316. The zero-order chi connectivity index (χ0) is 10.8. The second-order valence-electron chi connectivity index (χ2n) is 4.62. The van der Waals surface area contributed by atoms with Crippen molar-refractivity contribution in [2.45, 2.75) is 25.3 Å². The Kier molecular flexibility index (Phi) is 3.08. The lowest BCUT2D eigenvalue weighted by Crippen LogP contribution is -2.31. The van der Waals surface area contributed by atoms with Crippen LogP contribution in [0.15, 0.2) is 24.3 Å². The number of nitrogens with two attached hydrogens (primary N) is 1. The average molecular weight is 204 g/mol. The third-order valence-corrected chi connectivity index (χ3v) is 3.59. The van der Waals surface area contributed by atoms with Crippen LogP contribution >= 0.6 is 0 Å². The minimum Gasteiger partial charge on any atom is -0.329 e. The van der Waals surface area contributed by atoms with Crippen molar-refractivity contribution >= 4 is 0 Å². The molecule has 2 heteroatoms. The third kappa shape index (κ3) is 2.06. The average Bonchev–Trinajstić information content (AvgIpc) is 2.60. The van der Waals surface area contributed by atoms with Gasteiger partial charge in [-0.15, -0.1) is 0 Å². The fraction of sp³-hybridized carbons (Fsp3) is 0.538. The van der Waals surface area contributed by atoms with E-state index >= 15 is 0 Å². The van der Waals surface area contributed by atoms with Crippen LogP contribution in [0.1, 0.15) is 23.5 Å². The first kappa shape index (κ1) is 10.7. The number of rotatable bonds is 2. The lowest BCUT2D eigenvalue weighted by atomic mass is 9.93. The summed E-state index contributed by atoms with van der Waals surface area (Å²) >= 11 is 0. The van der Waals surface area contributed by atoms with Gasteiger partial charge in [0.1, 0.15) is 0 Å². The zero-order valence-corrected chi connectivity index (χ0v) is 9.61. The Morgan fingerprint density at radius 1 is 1.40 bits per heavy atom. The monoisotopic (exact) mass is 204 g/mol. The van der Waals surface area contributed by atoms with Gasteiger partial charge in [0.05, 0.1) is 0 Å². The van der Waals surface area contributed by atoms with Gasteiger partial charge in [-0.2, -0.15) is 0 Å². The minimum atomic E-state index is 0.564. The Bertz CT molecular complexity index is 335. The van der Waals surface area contributed by atoms with Crippen LogP contribution in [0.5, 0.6) is 0 Å². The first-order valence-corrected chi connectivity index (χ1v) is 5.68. The van der Waals surface area contributed by atoms with Crippen LogP contribution in [-0.4, -0.2) is 31.1 Å². The molecule has 1 aliphatic heterocycles. The van der Waals surface area contributed by atoms with Crippen LogP contribution in [0.3, 0.4) is 0 Å². The van der Waals surface area contributed by atoms with Crippen molar-refractivity contribution in [3.63, 3.8) is 0 Å². The van der Waals surface area contributed by atoms with Gasteiger partial charge in [-0.25, -0.2) is 0 Å². The van der Waals surface area contributed by atoms with Crippen molar-refractivity contribution in [1.29, 1.82) is 0 Å². The SMILES string of the molecule is Cc1ccccc1C1CC(CN)N(C)C1. The molecule has 2 rings (SSSR count). The summed E-state index contributed by atoms with van der Waals surface area (Å²) in [4.78, 5) is 2.39. The van der Waals surface area contributed by atoms with Crippen LogP contribution in [0.2, 0.25) is 0 Å². The summed E-state index contributed by atoms with van der Waals surface area (Å²) in [6.45, 7) is 4.12. The van der Waals surface area contributed by atoms with E-state index < -0.39 is 0 Å². The molecule has 0 saturated carbocycles. The van der Waals surface area contributed by atoms with Crippen molar-refractivity contribution in [3.8, 4) is 0 Å². The summed E-state index contributed by atoms with van der Waals surface area (Å²) in [6.07, 6.45) is 1.21. The largest absolute Gasteiger partial charge is 0.329 e. The molecule has 2 nitrogen and oxygen atoms in total. The number of benzene rings is 1. The summed E-state index contributed by atoms with van der Waals surface area (Å²) in [5.41, 5.74) is 8.67. The van der Waals surface area contributed by atoms with Gasteiger partial charge in [-0.05, 0) is 37.4 Å². The molecular weight excluding hydrogens is 184 g/mol. The summed E-state index contributed by atoms with van der Waals surface area (Å²) in [7, 11) is 2.18. The lowest BCUT2D eigenvalue weighted by Gasteiger charge is -2.15.